The van der Waals surface area contributed by atoms with Gasteiger partial charge in [0.1, 0.15) is 11.7 Å². The summed E-state index contributed by atoms with van der Waals surface area (Å²) in [6.45, 7) is 9.33. The minimum atomic E-state index is -0.729. The Bertz CT molecular complexity index is 921. The number of hydrogen-bond donors (Lipinski definition) is 3. The molecule has 2 aromatic rings. The highest BCUT2D eigenvalue weighted by Gasteiger charge is 2.25. The van der Waals surface area contributed by atoms with Crippen LogP contribution >= 0.6 is 0 Å². The number of hydrogen-bond acceptors (Lipinski definition) is 5. The van der Waals surface area contributed by atoms with Crippen LogP contribution in [0, 0.1) is 6.92 Å². The number of carbonyl (C=O) groups is 1. The van der Waals surface area contributed by atoms with Crippen LogP contribution in [0.4, 0.5) is 5.82 Å². The number of nitrogens with zero attached hydrogens (tertiary/aromatic N) is 3. The van der Waals surface area contributed by atoms with Crippen molar-refractivity contribution in [2.45, 2.75) is 52.2 Å². The van der Waals surface area contributed by atoms with Gasteiger partial charge in [0.2, 0.25) is 0 Å². The average molecular weight is 398 g/mol. The molecule has 0 bridgehead atoms. The number of nitrogens with two attached hydrogens (primary N) is 1. The first-order chi connectivity index (χ1) is 13.6. The zero-order valence-corrected chi connectivity index (χ0v) is 17.7. The van der Waals surface area contributed by atoms with Gasteiger partial charge in [-0.3, -0.25) is 4.79 Å². The number of fused-ring (bicyclic) bond motifs is 1. The molecule has 3 rings (SSSR count). The fourth-order valence-electron chi connectivity index (χ4n) is 3.59. The maximum absolute atomic E-state index is 12.8. The number of amidine groups is 1. The van der Waals surface area contributed by atoms with Crippen LogP contribution in [-0.4, -0.2) is 53.1 Å². The van der Waals surface area contributed by atoms with Gasteiger partial charge in [0.25, 0.3) is 5.91 Å². The lowest BCUT2D eigenvalue weighted by molar-refractivity contribution is 0.0752. The van der Waals surface area contributed by atoms with Crippen molar-refractivity contribution in [3.8, 4) is 0 Å². The number of aliphatic imine (C=N–C) groups is 1. The van der Waals surface area contributed by atoms with Gasteiger partial charge < -0.3 is 21.1 Å². The Labute approximate surface area is 172 Å². The zero-order valence-electron chi connectivity index (χ0n) is 17.7. The molecule has 1 aromatic carbocycles. The van der Waals surface area contributed by atoms with Gasteiger partial charge in [-0.2, -0.15) is 4.99 Å². The molecule has 1 amide bonds. The van der Waals surface area contributed by atoms with Crippen LogP contribution in [0.1, 0.15) is 49.5 Å². The number of piperidine rings is 1. The summed E-state index contributed by atoms with van der Waals surface area (Å²) < 4.78 is 0. The van der Waals surface area contributed by atoms with Crippen LogP contribution in [0.5, 0.6) is 0 Å². The number of pyridine rings is 1. The maximum Gasteiger partial charge on any atom is 0.282 e. The summed E-state index contributed by atoms with van der Waals surface area (Å²) in [6, 6.07) is 8.24. The first-order valence-corrected chi connectivity index (χ1v) is 10.1. The van der Waals surface area contributed by atoms with E-state index in [2.05, 4.69) is 15.2 Å². The third-order valence-electron chi connectivity index (χ3n) is 5.08. The van der Waals surface area contributed by atoms with E-state index in [0.29, 0.717) is 24.0 Å². The third kappa shape index (κ3) is 5.52. The molecule has 29 heavy (non-hydrogen) atoms. The molecule has 0 spiro atoms. The lowest BCUT2D eigenvalue weighted by atomic mass is 10.0. The topological polar surface area (TPSA) is 104 Å². The monoisotopic (exact) mass is 397 g/mol. The van der Waals surface area contributed by atoms with Gasteiger partial charge in [-0.1, -0.05) is 11.6 Å². The van der Waals surface area contributed by atoms with Crippen molar-refractivity contribution in [1.82, 2.24) is 10.3 Å². The van der Waals surface area contributed by atoms with Crippen LogP contribution in [0.2, 0.25) is 0 Å². The van der Waals surface area contributed by atoms with Crippen LogP contribution in [-0.2, 0) is 0 Å². The summed E-state index contributed by atoms with van der Waals surface area (Å²) in [6.07, 6.45) is 1.83. The minimum Gasteiger partial charge on any atom is -0.389 e. The van der Waals surface area contributed by atoms with E-state index >= 15 is 0 Å². The van der Waals surface area contributed by atoms with Crippen molar-refractivity contribution < 1.29 is 9.90 Å². The Morgan fingerprint density at radius 1 is 1.34 bits per heavy atom. The first-order valence-electron chi connectivity index (χ1n) is 10.1. The van der Waals surface area contributed by atoms with Crippen molar-refractivity contribution in [3.63, 3.8) is 0 Å². The van der Waals surface area contributed by atoms with Crippen molar-refractivity contribution in [3.05, 3.63) is 35.4 Å². The molecule has 7 heteroatoms. The molecule has 4 N–H and O–H groups in total. The van der Waals surface area contributed by atoms with Crippen molar-refractivity contribution in [2.75, 3.05) is 24.5 Å². The second kappa shape index (κ2) is 8.47. The van der Waals surface area contributed by atoms with Gasteiger partial charge in [-0.05, 0) is 58.7 Å². The van der Waals surface area contributed by atoms with Gasteiger partial charge in [-0.15, -0.1) is 0 Å². The van der Waals surface area contributed by atoms with E-state index in [1.54, 1.807) is 20.8 Å². The predicted octanol–water partition coefficient (Wildman–Crippen LogP) is 2.39. The summed E-state index contributed by atoms with van der Waals surface area (Å²) >= 11 is 0. The SMILES string of the molecule is CC(N)=NC(=O)c1cc2cc(C)ccc2nc1N1CCC(NCC(C)(C)O)CC1. The molecule has 0 radical (unpaired) electrons. The summed E-state index contributed by atoms with van der Waals surface area (Å²) in [5.41, 5.74) is 7.37. The van der Waals surface area contributed by atoms with Crippen molar-refractivity contribution in [1.29, 1.82) is 0 Å². The van der Waals surface area contributed by atoms with Gasteiger partial charge in [0.05, 0.1) is 16.7 Å². The van der Waals surface area contributed by atoms with Crippen molar-refractivity contribution in [2.24, 2.45) is 10.7 Å². The number of aryl methyl sites for hydroxylation is 1. The summed E-state index contributed by atoms with van der Waals surface area (Å²) in [5.74, 6) is 0.537. The Morgan fingerprint density at radius 3 is 2.66 bits per heavy atom. The molecule has 0 unspecified atom stereocenters. The minimum absolute atomic E-state index is 0.236. The molecule has 0 saturated carbocycles. The predicted molar refractivity (Wildman–Crippen MR) is 118 cm³/mol. The standard InChI is InChI=1S/C22H31N5O2/c1-14-5-6-19-16(11-14)12-18(21(28)25-15(2)23)20(26-19)27-9-7-17(8-10-27)24-13-22(3,4)29/h5-6,11-12,17,24,29H,7-10,13H2,1-4H3,(H2,23,25,28). The normalized spacial score (nSPS) is 16.4. The fraction of sp³-hybridized carbons (Fsp3) is 0.500. The molecule has 1 fully saturated rings. The molecule has 7 nitrogen and oxygen atoms in total. The van der Waals surface area contributed by atoms with Crippen LogP contribution in [0.15, 0.2) is 29.3 Å². The molecule has 1 aromatic heterocycles. The number of benzene rings is 1. The smallest absolute Gasteiger partial charge is 0.282 e. The van der Waals surface area contributed by atoms with Crippen molar-refractivity contribution >= 4 is 28.5 Å². The second-order valence-corrected chi connectivity index (χ2v) is 8.57. The van der Waals surface area contributed by atoms with E-state index in [-0.39, 0.29) is 11.7 Å². The van der Waals surface area contributed by atoms with Crippen LogP contribution < -0.4 is 16.0 Å². The van der Waals surface area contributed by atoms with Gasteiger partial charge in [0.15, 0.2) is 0 Å². The van der Waals surface area contributed by atoms with Gasteiger partial charge in [0, 0.05) is 31.1 Å². The molecular formula is C22H31N5O2. The fourth-order valence-corrected chi connectivity index (χ4v) is 3.59. The quantitative estimate of drug-likeness (QED) is 0.529. The van der Waals surface area contributed by atoms with E-state index in [1.165, 1.54) is 0 Å². The largest absolute Gasteiger partial charge is 0.389 e. The van der Waals surface area contributed by atoms with Crippen LogP contribution in [0.3, 0.4) is 0 Å². The molecule has 0 atom stereocenters. The number of amides is 1. The molecule has 156 valence electrons. The summed E-state index contributed by atoms with van der Waals surface area (Å²) in [7, 11) is 0. The van der Waals surface area contributed by atoms with E-state index in [4.69, 9.17) is 10.7 Å². The van der Waals surface area contributed by atoms with Crippen LogP contribution in [0.25, 0.3) is 10.9 Å². The highest BCUT2D eigenvalue weighted by atomic mass is 16.3. The number of rotatable bonds is 5. The van der Waals surface area contributed by atoms with E-state index < -0.39 is 5.60 Å². The third-order valence-corrected chi connectivity index (χ3v) is 5.08. The Kier molecular flexibility index (Phi) is 6.19. The zero-order chi connectivity index (χ0) is 21.2. The molecule has 1 aliphatic heterocycles. The number of nitrogens with one attached hydrogen (secondary N) is 1. The van der Waals surface area contributed by atoms with E-state index in [1.807, 2.05) is 31.2 Å². The summed E-state index contributed by atoms with van der Waals surface area (Å²) in [4.78, 5) is 23.7. The second-order valence-electron chi connectivity index (χ2n) is 8.57. The number of carbonyl (C=O) groups excluding carboxylic acids is 1. The number of anilines is 1. The highest BCUT2D eigenvalue weighted by Crippen LogP contribution is 2.27. The molecule has 1 saturated heterocycles. The Balaban J connectivity index is 1.87. The van der Waals surface area contributed by atoms with Gasteiger partial charge >= 0.3 is 0 Å². The molecule has 2 heterocycles. The summed E-state index contributed by atoms with van der Waals surface area (Å²) in [5, 5.41) is 14.3. The molecular weight excluding hydrogens is 366 g/mol. The van der Waals surface area contributed by atoms with E-state index in [0.717, 1.165) is 42.4 Å². The molecule has 0 aliphatic carbocycles. The van der Waals surface area contributed by atoms with Gasteiger partial charge in [-0.25, -0.2) is 4.98 Å². The molecule has 1 aliphatic rings. The number of aromatic nitrogens is 1. The van der Waals surface area contributed by atoms with E-state index in [9.17, 15) is 9.90 Å². The Morgan fingerprint density at radius 2 is 2.03 bits per heavy atom. The average Bonchev–Trinajstić information content (AvgIpc) is 2.64. The lowest BCUT2D eigenvalue weighted by Gasteiger charge is -2.35. The lowest BCUT2D eigenvalue weighted by Crippen LogP contribution is -2.47. The Hall–Kier alpha value is -2.51. The highest BCUT2D eigenvalue weighted by molar-refractivity contribution is 6.07. The number of aliphatic hydroxyl groups is 1. The maximum atomic E-state index is 12.8. The first kappa shape index (κ1) is 21.2.